The van der Waals surface area contributed by atoms with Crippen molar-refractivity contribution in [1.82, 2.24) is 0 Å². The molecule has 0 saturated carbocycles. The maximum atomic E-state index is 5.30. The number of hydrogen-bond donors (Lipinski definition) is 0. The monoisotopic (exact) mass is 147 g/mol. The zero-order valence-corrected chi connectivity index (χ0v) is 6.58. The second kappa shape index (κ2) is 4.56. The van der Waals surface area contributed by atoms with Gasteiger partial charge in [0, 0.05) is 6.07 Å². The van der Waals surface area contributed by atoms with Crippen LogP contribution in [0, 0.1) is 6.07 Å². The number of ether oxygens (including phenoxy) is 1. The Bertz CT molecular complexity index is 214. The van der Waals surface area contributed by atoms with E-state index in [0.29, 0.717) is 6.61 Å². The van der Waals surface area contributed by atoms with Crippen LogP contribution in [-0.4, -0.2) is 6.61 Å². The zero-order chi connectivity index (χ0) is 7.94. The molecule has 0 spiro atoms. The van der Waals surface area contributed by atoms with E-state index in [0.717, 1.165) is 5.75 Å². The van der Waals surface area contributed by atoms with E-state index in [-0.39, 0.29) is 0 Å². The minimum absolute atomic E-state index is 0.622. The SMILES string of the molecule is C/C=C\COc1[c]cccc1. The second-order valence-electron chi connectivity index (χ2n) is 2.11. The molecule has 0 fully saturated rings. The summed E-state index contributed by atoms with van der Waals surface area (Å²) in [6.07, 6.45) is 3.92. The quantitative estimate of drug-likeness (QED) is 0.597. The van der Waals surface area contributed by atoms with E-state index in [1.54, 1.807) is 0 Å². The molecule has 0 atom stereocenters. The van der Waals surface area contributed by atoms with Gasteiger partial charge in [-0.05, 0) is 13.0 Å². The normalized spacial score (nSPS) is 10.3. The molecule has 1 aromatic carbocycles. The molecule has 0 bridgehead atoms. The van der Waals surface area contributed by atoms with Crippen LogP contribution in [0.5, 0.6) is 5.75 Å². The highest BCUT2D eigenvalue weighted by atomic mass is 16.5. The van der Waals surface area contributed by atoms with E-state index in [2.05, 4.69) is 6.07 Å². The van der Waals surface area contributed by atoms with Crippen molar-refractivity contribution in [1.29, 1.82) is 0 Å². The number of para-hydroxylation sites is 1. The van der Waals surface area contributed by atoms with Crippen LogP contribution >= 0.6 is 0 Å². The van der Waals surface area contributed by atoms with Gasteiger partial charge in [-0.3, -0.25) is 0 Å². The van der Waals surface area contributed by atoms with Crippen LogP contribution in [0.3, 0.4) is 0 Å². The van der Waals surface area contributed by atoms with Crippen molar-refractivity contribution in [3.05, 3.63) is 42.5 Å². The van der Waals surface area contributed by atoms with Gasteiger partial charge < -0.3 is 4.74 Å². The van der Waals surface area contributed by atoms with Crippen LogP contribution in [0.2, 0.25) is 0 Å². The largest absolute Gasteiger partial charge is 0.489 e. The molecule has 0 N–H and O–H groups in total. The van der Waals surface area contributed by atoms with Gasteiger partial charge in [0.25, 0.3) is 0 Å². The Labute approximate surface area is 67.3 Å². The van der Waals surface area contributed by atoms with Gasteiger partial charge in [0.2, 0.25) is 0 Å². The highest BCUT2D eigenvalue weighted by Gasteiger charge is 1.86. The summed E-state index contributed by atoms with van der Waals surface area (Å²) in [6, 6.07) is 10.6. The average Bonchev–Trinajstić information content (AvgIpc) is 2.07. The van der Waals surface area contributed by atoms with Crippen molar-refractivity contribution >= 4 is 0 Å². The van der Waals surface area contributed by atoms with Crippen LogP contribution < -0.4 is 4.74 Å². The minimum Gasteiger partial charge on any atom is -0.489 e. The first-order valence-corrected chi connectivity index (χ1v) is 3.64. The van der Waals surface area contributed by atoms with Crippen molar-refractivity contribution in [3.8, 4) is 5.75 Å². The first-order chi connectivity index (χ1) is 5.43. The number of benzene rings is 1. The maximum Gasteiger partial charge on any atom is 0.127 e. The van der Waals surface area contributed by atoms with Gasteiger partial charge in [-0.2, -0.15) is 0 Å². The fourth-order valence-corrected chi connectivity index (χ4v) is 0.701. The minimum atomic E-state index is 0.622. The Balaban J connectivity index is 2.39. The summed E-state index contributed by atoms with van der Waals surface area (Å²) in [5.74, 6) is 0.797. The maximum absolute atomic E-state index is 5.30. The van der Waals surface area contributed by atoms with Gasteiger partial charge >= 0.3 is 0 Å². The van der Waals surface area contributed by atoms with Crippen molar-refractivity contribution in [2.45, 2.75) is 6.92 Å². The molecule has 0 aliphatic heterocycles. The highest BCUT2D eigenvalue weighted by Crippen LogP contribution is 2.06. The molecule has 0 aliphatic carbocycles. The van der Waals surface area contributed by atoms with E-state index < -0.39 is 0 Å². The van der Waals surface area contributed by atoms with E-state index in [4.69, 9.17) is 4.74 Å². The first-order valence-electron chi connectivity index (χ1n) is 3.64. The van der Waals surface area contributed by atoms with Crippen LogP contribution in [0.15, 0.2) is 36.4 Å². The van der Waals surface area contributed by atoms with E-state index in [1.165, 1.54) is 0 Å². The average molecular weight is 147 g/mol. The third-order valence-electron chi connectivity index (χ3n) is 1.25. The van der Waals surface area contributed by atoms with Crippen LogP contribution in [0.1, 0.15) is 6.92 Å². The molecule has 1 rings (SSSR count). The van der Waals surface area contributed by atoms with E-state index in [1.807, 2.05) is 43.3 Å². The number of allylic oxidation sites excluding steroid dienone is 1. The summed E-state index contributed by atoms with van der Waals surface area (Å²) in [5.41, 5.74) is 0. The molecule has 0 unspecified atom stereocenters. The molecule has 1 heteroatoms. The van der Waals surface area contributed by atoms with Crippen LogP contribution in [-0.2, 0) is 0 Å². The van der Waals surface area contributed by atoms with Gasteiger partial charge in [0.05, 0.1) is 0 Å². The molecular formula is C10H11O. The van der Waals surface area contributed by atoms with Crippen molar-refractivity contribution in [2.75, 3.05) is 6.61 Å². The fourth-order valence-electron chi connectivity index (χ4n) is 0.701. The molecule has 1 nitrogen and oxygen atoms in total. The lowest BCUT2D eigenvalue weighted by molar-refractivity contribution is 0.362. The Kier molecular flexibility index (Phi) is 3.26. The molecule has 0 heterocycles. The van der Waals surface area contributed by atoms with Gasteiger partial charge in [-0.25, -0.2) is 0 Å². The summed E-state index contributed by atoms with van der Waals surface area (Å²) in [4.78, 5) is 0. The van der Waals surface area contributed by atoms with Crippen LogP contribution in [0.4, 0.5) is 0 Å². The summed E-state index contributed by atoms with van der Waals surface area (Å²) in [6.45, 7) is 2.59. The number of hydrogen-bond acceptors (Lipinski definition) is 1. The molecule has 1 aromatic rings. The predicted molar refractivity (Wildman–Crippen MR) is 45.6 cm³/mol. The molecule has 1 radical (unpaired) electrons. The summed E-state index contributed by atoms with van der Waals surface area (Å²) >= 11 is 0. The van der Waals surface area contributed by atoms with E-state index in [9.17, 15) is 0 Å². The number of rotatable bonds is 3. The lowest BCUT2D eigenvalue weighted by Crippen LogP contribution is -1.91. The third kappa shape index (κ3) is 2.89. The first kappa shape index (κ1) is 7.86. The molecule has 57 valence electrons. The standard InChI is InChI=1S/C10H11O/c1-2-3-9-11-10-7-5-4-6-8-10/h2-7H,9H2,1H3/b3-2-. The Morgan fingerprint density at radius 1 is 1.55 bits per heavy atom. The third-order valence-corrected chi connectivity index (χ3v) is 1.25. The molecule has 11 heavy (non-hydrogen) atoms. The van der Waals surface area contributed by atoms with Crippen LogP contribution in [0.25, 0.3) is 0 Å². The van der Waals surface area contributed by atoms with Gasteiger partial charge in [0.1, 0.15) is 12.4 Å². The Hall–Kier alpha value is -1.24. The van der Waals surface area contributed by atoms with E-state index >= 15 is 0 Å². The topological polar surface area (TPSA) is 9.23 Å². The zero-order valence-electron chi connectivity index (χ0n) is 6.58. The molecule has 0 aliphatic rings. The smallest absolute Gasteiger partial charge is 0.127 e. The molecule has 0 saturated heterocycles. The van der Waals surface area contributed by atoms with Gasteiger partial charge in [-0.1, -0.05) is 30.4 Å². The highest BCUT2D eigenvalue weighted by molar-refractivity contribution is 5.19. The Morgan fingerprint density at radius 3 is 3.09 bits per heavy atom. The second-order valence-corrected chi connectivity index (χ2v) is 2.11. The van der Waals surface area contributed by atoms with Crippen molar-refractivity contribution in [2.24, 2.45) is 0 Å². The molecular weight excluding hydrogens is 136 g/mol. The molecule has 0 aromatic heterocycles. The lowest BCUT2D eigenvalue weighted by Gasteiger charge is -1.99. The van der Waals surface area contributed by atoms with Crippen molar-refractivity contribution in [3.63, 3.8) is 0 Å². The Morgan fingerprint density at radius 2 is 2.45 bits per heavy atom. The summed E-state index contributed by atoms with van der Waals surface area (Å²) < 4.78 is 5.30. The molecule has 0 amide bonds. The lowest BCUT2D eigenvalue weighted by atomic mass is 10.3. The fraction of sp³-hybridized carbons (Fsp3) is 0.200. The van der Waals surface area contributed by atoms with Crippen molar-refractivity contribution < 1.29 is 4.74 Å². The summed E-state index contributed by atoms with van der Waals surface area (Å²) in [7, 11) is 0. The van der Waals surface area contributed by atoms with Gasteiger partial charge in [-0.15, -0.1) is 0 Å². The summed E-state index contributed by atoms with van der Waals surface area (Å²) in [5, 5.41) is 0. The predicted octanol–water partition coefficient (Wildman–Crippen LogP) is 2.44. The van der Waals surface area contributed by atoms with Gasteiger partial charge in [0.15, 0.2) is 0 Å².